The van der Waals surface area contributed by atoms with Gasteiger partial charge in [0.1, 0.15) is 5.82 Å². The van der Waals surface area contributed by atoms with Crippen molar-refractivity contribution < 1.29 is 14.3 Å². The number of pyridine rings is 1. The lowest BCUT2D eigenvalue weighted by Gasteiger charge is -2.35. The van der Waals surface area contributed by atoms with E-state index >= 15 is 0 Å². The van der Waals surface area contributed by atoms with Crippen molar-refractivity contribution >= 4 is 11.6 Å². The predicted molar refractivity (Wildman–Crippen MR) is 119 cm³/mol. The van der Waals surface area contributed by atoms with E-state index in [-0.39, 0.29) is 12.6 Å². The van der Waals surface area contributed by atoms with Crippen molar-refractivity contribution in [1.29, 1.82) is 0 Å². The molecule has 7 heteroatoms. The minimum absolute atomic E-state index is 0.159. The second-order valence-electron chi connectivity index (χ2n) is 8.03. The summed E-state index contributed by atoms with van der Waals surface area (Å²) >= 11 is 0. The molecule has 5 rings (SSSR count). The van der Waals surface area contributed by atoms with Gasteiger partial charge in [-0.3, -0.25) is 9.69 Å². The van der Waals surface area contributed by atoms with Gasteiger partial charge in [-0.1, -0.05) is 6.07 Å². The molecule has 7 nitrogen and oxygen atoms in total. The van der Waals surface area contributed by atoms with Gasteiger partial charge >= 0.3 is 0 Å². The van der Waals surface area contributed by atoms with Gasteiger partial charge < -0.3 is 18.9 Å². The molecule has 0 radical (unpaired) electrons. The number of carbonyl (C=O) groups is 1. The minimum atomic E-state index is 0.159. The summed E-state index contributed by atoms with van der Waals surface area (Å²) in [6.07, 6.45) is 1.82. The lowest BCUT2D eigenvalue weighted by atomic mass is 10.1. The average Bonchev–Trinajstić information content (AvgIpc) is 3.38. The maximum atomic E-state index is 13.1. The summed E-state index contributed by atoms with van der Waals surface area (Å²) in [4.78, 5) is 22.1. The Morgan fingerprint density at radius 1 is 1.00 bits per heavy atom. The molecule has 0 amide bonds. The van der Waals surface area contributed by atoms with Gasteiger partial charge in [-0.15, -0.1) is 0 Å². The molecule has 2 aromatic heterocycles. The Balaban J connectivity index is 1.28. The molecule has 0 unspecified atom stereocenters. The Labute approximate surface area is 181 Å². The molecule has 0 atom stereocenters. The van der Waals surface area contributed by atoms with Gasteiger partial charge in [-0.05, 0) is 44.2 Å². The third-order valence-electron chi connectivity index (χ3n) is 6.06. The second-order valence-corrected chi connectivity index (χ2v) is 8.03. The first-order valence-electron chi connectivity index (χ1n) is 10.6. The summed E-state index contributed by atoms with van der Waals surface area (Å²) in [7, 11) is 0. The normalized spacial score (nSPS) is 16.0. The number of aryl methyl sites for hydroxylation is 1. The zero-order chi connectivity index (χ0) is 21.4. The molecule has 2 aliphatic heterocycles. The Morgan fingerprint density at radius 2 is 1.81 bits per heavy atom. The zero-order valence-electron chi connectivity index (χ0n) is 17.9. The van der Waals surface area contributed by atoms with Crippen LogP contribution in [0.25, 0.3) is 5.69 Å². The van der Waals surface area contributed by atoms with Crippen LogP contribution < -0.4 is 14.4 Å². The summed E-state index contributed by atoms with van der Waals surface area (Å²) in [5.41, 5.74) is 3.73. The van der Waals surface area contributed by atoms with E-state index in [1.54, 1.807) is 0 Å². The first kappa shape index (κ1) is 19.6. The number of fused-ring (bicyclic) bond motifs is 1. The number of aromatic nitrogens is 2. The summed E-state index contributed by atoms with van der Waals surface area (Å²) in [6, 6.07) is 13.8. The number of ether oxygens (including phenoxy) is 2. The second kappa shape index (κ2) is 8.07. The van der Waals surface area contributed by atoms with Crippen LogP contribution in [-0.4, -0.2) is 59.8 Å². The number of piperazine rings is 1. The maximum Gasteiger partial charge on any atom is 0.231 e. The number of ketones is 1. The SMILES string of the molecule is Cc1cc(C(=O)CN2CCN(c3ccccn3)CC2)c(C)n1-c1ccc2c(c1)OCO2. The van der Waals surface area contributed by atoms with Crippen molar-refractivity contribution in [1.82, 2.24) is 14.5 Å². The van der Waals surface area contributed by atoms with E-state index in [9.17, 15) is 4.79 Å². The van der Waals surface area contributed by atoms with Crippen molar-refractivity contribution in [3.8, 4) is 17.2 Å². The smallest absolute Gasteiger partial charge is 0.231 e. The van der Waals surface area contributed by atoms with E-state index in [2.05, 4.69) is 19.4 Å². The van der Waals surface area contributed by atoms with E-state index in [0.29, 0.717) is 6.54 Å². The molecule has 0 saturated carbocycles. The maximum absolute atomic E-state index is 13.1. The van der Waals surface area contributed by atoms with Gasteiger partial charge in [-0.25, -0.2) is 4.98 Å². The topological polar surface area (TPSA) is 59.8 Å². The molecule has 0 bridgehead atoms. The molecule has 0 N–H and O–H groups in total. The number of benzene rings is 1. The highest BCUT2D eigenvalue weighted by molar-refractivity contribution is 5.99. The van der Waals surface area contributed by atoms with E-state index in [0.717, 1.165) is 66.1 Å². The minimum Gasteiger partial charge on any atom is -0.454 e. The predicted octanol–water partition coefficient (Wildman–Crippen LogP) is 3.22. The third-order valence-corrected chi connectivity index (χ3v) is 6.06. The lowest BCUT2D eigenvalue weighted by Crippen LogP contribution is -2.48. The number of carbonyl (C=O) groups excluding carboxylic acids is 1. The Morgan fingerprint density at radius 3 is 2.58 bits per heavy atom. The van der Waals surface area contributed by atoms with Crippen molar-refractivity contribution in [2.75, 3.05) is 44.4 Å². The Hall–Kier alpha value is -3.32. The number of hydrogen-bond donors (Lipinski definition) is 0. The van der Waals surface area contributed by atoms with Gasteiger partial charge in [0.15, 0.2) is 17.3 Å². The molecular formula is C24H26N4O3. The summed E-state index contributed by atoms with van der Waals surface area (Å²) in [5, 5.41) is 0. The van der Waals surface area contributed by atoms with Crippen LogP contribution in [0.15, 0.2) is 48.7 Å². The van der Waals surface area contributed by atoms with Crippen molar-refractivity contribution in [3.05, 3.63) is 65.6 Å². The van der Waals surface area contributed by atoms with Crippen LogP contribution >= 0.6 is 0 Å². The van der Waals surface area contributed by atoms with Gasteiger partial charge in [0, 0.05) is 61.1 Å². The average molecular weight is 418 g/mol. The standard InChI is InChI=1S/C24H26N4O3/c1-17-13-20(18(2)28(17)19-6-7-22-23(14-19)31-16-30-22)21(29)15-26-9-11-27(12-10-26)24-5-3-4-8-25-24/h3-8,13-14H,9-12,15-16H2,1-2H3. The number of Topliss-reactive ketones (excluding diaryl/α,β-unsaturated/α-hetero) is 1. The van der Waals surface area contributed by atoms with Crippen LogP contribution in [0.1, 0.15) is 21.7 Å². The highest BCUT2D eigenvalue weighted by Crippen LogP contribution is 2.35. The number of nitrogens with zero attached hydrogens (tertiary/aromatic N) is 4. The first-order valence-corrected chi connectivity index (χ1v) is 10.6. The molecule has 1 aromatic carbocycles. The van der Waals surface area contributed by atoms with Crippen LogP contribution in [0, 0.1) is 13.8 Å². The molecule has 1 fully saturated rings. The van der Waals surface area contributed by atoms with Crippen LogP contribution in [0.5, 0.6) is 11.5 Å². The fraction of sp³-hybridized carbons (Fsp3) is 0.333. The molecular weight excluding hydrogens is 392 g/mol. The Bertz CT molecular complexity index is 1100. The van der Waals surface area contributed by atoms with Gasteiger partial charge in [-0.2, -0.15) is 0 Å². The summed E-state index contributed by atoms with van der Waals surface area (Å²) < 4.78 is 13.0. The van der Waals surface area contributed by atoms with E-state index in [4.69, 9.17) is 9.47 Å². The molecule has 0 spiro atoms. The third kappa shape index (κ3) is 3.77. The zero-order valence-corrected chi connectivity index (χ0v) is 17.9. The molecule has 2 aliphatic rings. The monoisotopic (exact) mass is 418 g/mol. The first-order chi connectivity index (χ1) is 15.1. The molecule has 4 heterocycles. The van der Waals surface area contributed by atoms with Crippen molar-refractivity contribution in [2.24, 2.45) is 0 Å². The molecule has 0 aliphatic carbocycles. The van der Waals surface area contributed by atoms with Crippen LogP contribution in [0.2, 0.25) is 0 Å². The molecule has 3 aromatic rings. The largest absolute Gasteiger partial charge is 0.454 e. The number of rotatable bonds is 5. The van der Waals surface area contributed by atoms with E-state index in [1.807, 2.05) is 62.5 Å². The molecule has 31 heavy (non-hydrogen) atoms. The molecule has 1 saturated heterocycles. The summed E-state index contributed by atoms with van der Waals surface area (Å²) in [5.74, 6) is 2.66. The number of anilines is 1. The summed E-state index contributed by atoms with van der Waals surface area (Å²) in [6.45, 7) is 8.17. The van der Waals surface area contributed by atoms with E-state index in [1.165, 1.54) is 0 Å². The van der Waals surface area contributed by atoms with Crippen LogP contribution in [-0.2, 0) is 0 Å². The van der Waals surface area contributed by atoms with Gasteiger partial charge in [0.2, 0.25) is 6.79 Å². The fourth-order valence-electron chi connectivity index (χ4n) is 4.43. The Kier molecular flexibility index (Phi) is 5.11. The van der Waals surface area contributed by atoms with E-state index < -0.39 is 0 Å². The highest BCUT2D eigenvalue weighted by atomic mass is 16.7. The van der Waals surface area contributed by atoms with Crippen molar-refractivity contribution in [3.63, 3.8) is 0 Å². The van der Waals surface area contributed by atoms with Gasteiger partial charge in [0.05, 0.1) is 6.54 Å². The quantitative estimate of drug-likeness (QED) is 0.593. The lowest BCUT2D eigenvalue weighted by molar-refractivity contribution is 0.0925. The van der Waals surface area contributed by atoms with Gasteiger partial charge in [0.25, 0.3) is 0 Å². The van der Waals surface area contributed by atoms with Crippen molar-refractivity contribution in [2.45, 2.75) is 13.8 Å². The molecule has 160 valence electrons. The highest BCUT2D eigenvalue weighted by Gasteiger charge is 2.23. The number of hydrogen-bond acceptors (Lipinski definition) is 6. The van der Waals surface area contributed by atoms with Crippen LogP contribution in [0.4, 0.5) is 5.82 Å². The van der Waals surface area contributed by atoms with Crippen LogP contribution in [0.3, 0.4) is 0 Å². The fourth-order valence-corrected chi connectivity index (χ4v) is 4.43.